The summed E-state index contributed by atoms with van der Waals surface area (Å²) in [6, 6.07) is 0. The Morgan fingerprint density at radius 2 is 2.19 bits per heavy atom. The van der Waals surface area contributed by atoms with Crippen LogP contribution in [-0.2, 0) is 24.3 Å². The first-order valence-electron chi connectivity index (χ1n) is 7.05. The second kappa shape index (κ2) is 7.87. The lowest BCUT2D eigenvalue weighted by Crippen LogP contribution is -2.07. The Morgan fingerprint density at radius 3 is 2.86 bits per heavy atom. The summed E-state index contributed by atoms with van der Waals surface area (Å²) in [4.78, 5) is 19.0. The maximum atomic E-state index is 10.7. The van der Waals surface area contributed by atoms with E-state index in [4.69, 9.17) is 5.11 Å². The van der Waals surface area contributed by atoms with Gasteiger partial charge in [0, 0.05) is 37.4 Å². The number of hydrogen-bond acceptors (Lipinski definition) is 4. The molecule has 7 heteroatoms. The van der Waals surface area contributed by atoms with Crippen molar-refractivity contribution in [3.05, 3.63) is 30.6 Å². The van der Waals surface area contributed by atoms with Crippen molar-refractivity contribution >= 4 is 17.7 Å². The molecular formula is C14H20N4O2S. The number of carbonyl (C=O) groups is 1. The lowest BCUT2D eigenvalue weighted by atomic mass is 10.3. The maximum Gasteiger partial charge on any atom is 0.313 e. The zero-order valence-electron chi connectivity index (χ0n) is 12.1. The van der Waals surface area contributed by atoms with Crippen molar-refractivity contribution < 1.29 is 9.90 Å². The Kier molecular flexibility index (Phi) is 5.86. The first kappa shape index (κ1) is 15.6. The van der Waals surface area contributed by atoms with Crippen LogP contribution in [0.25, 0.3) is 0 Å². The van der Waals surface area contributed by atoms with E-state index in [9.17, 15) is 4.79 Å². The molecule has 0 aliphatic heterocycles. The van der Waals surface area contributed by atoms with Gasteiger partial charge >= 0.3 is 5.97 Å². The van der Waals surface area contributed by atoms with Gasteiger partial charge in [-0.15, -0.1) is 0 Å². The molecule has 2 aromatic heterocycles. The average Bonchev–Trinajstić information content (AvgIpc) is 3.10. The molecule has 2 aromatic rings. The van der Waals surface area contributed by atoms with Crippen LogP contribution in [0.3, 0.4) is 0 Å². The Labute approximate surface area is 128 Å². The van der Waals surface area contributed by atoms with Crippen LogP contribution in [0.15, 0.2) is 30.1 Å². The molecule has 0 atom stereocenters. The molecule has 0 aliphatic carbocycles. The molecule has 0 radical (unpaired) electrons. The minimum atomic E-state index is -0.812. The van der Waals surface area contributed by atoms with Gasteiger partial charge in [0.15, 0.2) is 5.16 Å². The SMILES string of the molecule is CCc1cnc(SCC(=O)O)n1CCCCn1ccnc1. The Balaban J connectivity index is 1.87. The van der Waals surface area contributed by atoms with Gasteiger partial charge < -0.3 is 14.2 Å². The summed E-state index contributed by atoms with van der Waals surface area (Å²) in [7, 11) is 0. The third-order valence-electron chi connectivity index (χ3n) is 3.20. The van der Waals surface area contributed by atoms with E-state index < -0.39 is 5.97 Å². The van der Waals surface area contributed by atoms with Crippen LogP contribution in [0.2, 0.25) is 0 Å². The number of carboxylic acids is 1. The zero-order valence-corrected chi connectivity index (χ0v) is 12.9. The van der Waals surface area contributed by atoms with Crippen LogP contribution in [0.4, 0.5) is 0 Å². The van der Waals surface area contributed by atoms with Gasteiger partial charge in [-0.1, -0.05) is 18.7 Å². The lowest BCUT2D eigenvalue weighted by molar-refractivity contribution is -0.133. The van der Waals surface area contributed by atoms with E-state index in [1.807, 2.05) is 18.7 Å². The molecular weight excluding hydrogens is 288 g/mol. The summed E-state index contributed by atoms with van der Waals surface area (Å²) < 4.78 is 4.20. The third kappa shape index (κ3) is 4.63. The van der Waals surface area contributed by atoms with Crippen LogP contribution in [-0.4, -0.2) is 35.9 Å². The molecule has 114 valence electrons. The highest BCUT2D eigenvalue weighted by Gasteiger charge is 2.10. The van der Waals surface area contributed by atoms with E-state index in [1.54, 1.807) is 6.20 Å². The van der Waals surface area contributed by atoms with E-state index in [2.05, 4.69) is 26.0 Å². The largest absolute Gasteiger partial charge is 0.481 e. The number of rotatable bonds is 9. The first-order chi connectivity index (χ1) is 10.2. The standard InChI is InChI=1S/C14H20N4O2S/c1-2-12-9-16-14(21-10-13(19)20)18(12)7-4-3-6-17-8-5-15-11-17/h5,8-9,11H,2-4,6-7,10H2,1H3,(H,19,20). The van der Waals surface area contributed by atoms with E-state index in [-0.39, 0.29) is 5.75 Å². The number of aryl methyl sites for hydroxylation is 2. The van der Waals surface area contributed by atoms with Crippen molar-refractivity contribution in [2.24, 2.45) is 0 Å². The lowest BCUT2D eigenvalue weighted by Gasteiger charge is -2.10. The number of aliphatic carboxylic acids is 1. The van der Waals surface area contributed by atoms with Gasteiger partial charge in [-0.25, -0.2) is 9.97 Å². The summed E-state index contributed by atoms with van der Waals surface area (Å²) in [6.07, 6.45) is 10.4. The minimum absolute atomic E-state index is 0.0508. The van der Waals surface area contributed by atoms with Crippen molar-refractivity contribution in [1.82, 2.24) is 19.1 Å². The maximum absolute atomic E-state index is 10.7. The molecule has 0 aromatic carbocycles. The number of carboxylic acid groups (broad SMARTS) is 1. The fraction of sp³-hybridized carbons (Fsp3) is 0.500. The number of nitrogens with zero attached hydrogens (tertiary/aromatic N) is 4. The van der Waals surface area contributed by atoms with Gasteiger partial charge in [0.2, 0.25) is 0 Å². The molecule has 0 saturated heterocycles. The van der Waals surface area contributed by atoms with E-state index in [0.29, 0.717) is 0 Å². The monoisotopic (exact) mass is 308 g/mol. The normalized spacial score (nSPS) is 10.9. The fourth-order valence-corrected chi connectivity index (χ4v) is 2.88. The zero-order chi connectivity index (χ0) is 15.1. The van der Waals surface area contributed by atoms with Gasteiger partial charge in [-0.3, -0.25) is 4.79 Å². The highest BCUT2D eigenvalue weighted by Crippen LogP contribution is 2.19. The second-order valence-electron chi connectivity index (χ2n) is 4.73. The van der Waals surface area contributed by atoms with Crippen LogP contribution in [0.1, 0.15) is 25.5 Å². The van der Waals surface area contributed by atoms with Crippen LogP contribution < -0.4 is 0 Å². The van der Waals surface area contributed by atoms with Gasteiger partial charge in [0.05, 0.1) is 12.1 Å². The molecule has 0 fully saturated rings. The third-order valence-corrected chi connectivity index (χ3v) is 4.17. The highest BCUT2D eigenvalue weighted by atomic mass is 32.2. The highest BCUT2D eigenvalue weighted by molar-refractivity contribution is 7.99. The smallest absolute Gasteiger partial charge is 0.313 e. The quantitative estimate of drug-likeness (QED) is 0.568. The molecule has 0 amide bonds. The molecule has 1 N–H and O–H groups in total. The number of hydrogen-bond donors (Lipinski definition) is 1. The molecule has 21 heavy (non-hydrogen) atoms. The van der Waals surface area contributed by atoms with E-state index >= 15 is 0 Å². The molecule has 2 rings (SSSR count). The number of aromatic nitrogens is 4. The van der Waals surface area contributed by atoms with Crippen LogP contribution >= 0.6 is 11.8 Å². The molecule has 0 bridgehead atoms. The van der Waals surface area contributed by atoms with Crippen LogP contribution in [0.5, 0.6) is 0 Å². The van der Waals surface area contributed by atoms with Crippen molar-refractivity contribution in [1.29, 1.82) is 0 Å². The fourth-order valence-electron chi connectivity index (χ4n) is 2.14. The summed E-state index contributed by atoms with van der Waals surface area (Å²) in [6.45, 7) is 3.91. The molecule has 0 saturated carbocycles. The first-order valence-corrected chi connectivity index (χ1v) is 8.04. The minimum Gasteiger partial charge on any atom is -0.481 e. The topological polar surface area (TPSA) is 72.9 Å². The Hall–Kier alpha value is -1.76. The number of unbranched alkanes of at least 4 members (excludes halogenated alkanes) is 1. The summed E-state index contributed by atoms with van der Waals surface area (Å²) >= 11 is 1.28. The molecule has 0 unspecified atom stereocenters. The molecule has 2 heterocycles. The number of thioether (sulfide) groups is 1. The molecule has 6 nitrogen and oxygen atoms in total. The van der Waals surface area contributed by atoms with Gasteiger partial charge in [-0.05, 0) is 19.3 Å². The summed E-state index contributed by atoms with van der Waals surface area (Å²) in [5.41, 5.74) is 1.16. The van der Waals surface area contributed by atoms with Crippen molar-refractivity contribution in [3.63, 3.8) is 0 Å². The molecule has 0 aliphatic rings. The van der Waals surface area contributed by atoms with Crippen molar-refractivity contribution in [2.45, 2.75) is 44.4 Å². The van der Waals surface area contributed by atoms with Crippen LogP contribution in [0, 0.1) is 0 Å². The second-order valence-corrected chi connectivity index (χ2v) is 5.67. The van der Waals surface area contributed by atoms with Crippen molar-refractivity contribution in [3.8, 4) is 0 Å². The summed E-state index contributed by atoms with van der Waals surface area (Å²) in [5.74, 6) is -0.762. The van der Waals surface area contributed by atoms with Gasteiger partial charge in [-0.2, -0.15) is 0 Å². The van der Waals surface area contributed by atoms with Gasteiger partial charge in [0.1, 0.15) is 0 Å². The van der Waals surface area contributed by atoms with E-state index in [1.165, 1.54) is 11.8 Å². The number of imidazole rings is 2. The predicted molar refractivity (Wildman–Crippen MR) is 81.4 cm³/mol. The van der Waals surface area contributed by atoms with E-state index in [0.717, 1.165) is 43.2 Å². The predicted octanol–water partition coefficient (Wildman–Crippen LogP) is 2.30. The Bertz CT molecular complexity index is 566. The summed E-state index contributed by atoms with van der Waals surface area (Å²) in [5, 5.41) is 9.59. The average molecular weight is 308 g/mol. The Morgan fingerprint density at radius 1 is 1.38 bits per heavy atom. The van der Waals surface area contributed by atoms with Gasteiger partial charge in [0.25, 0.3) is 0 Å². The molecule has 0 spiro atoms. The van der Waals surface area contributed by atoms with Crippen molar-refractivity contribution in [2.75, 3.05) is 5.75 Å².